The van der Waals surface area contributed by atoms with Crippen molar-refractivity contribution in [2.75, 3.05) is 13.1 Å². The van der Waals surface area contributed by atoms with Crippen LogP contribution >= 0.6 is 0 Å². The summed E-state index contributed by atoms with van der Waals surface area (Å²) in [5, 5.41) is 8.62. The first kappa shape index (κ1) is 19.3. The fraction of sp³-hybridized carbons (Fsp3) is 0.556. The van der Waals surface area contributed by atoms with E-state index in [2.05, 4.69) is 22.9 Å². The summed E-state index contributed by atoms with van der Waals surface area (Å²) in [5.74, 6) is -3.10. The Bertz CT molecular complexity index is 616. The van der Waals surface area contributed by atoms with Gasteiger partial charge in [-0.25, -0.2) is 8.78 Å². The highest BCUT2D eigenvalue weighted by molar-refractivity contribution is 5.98. The van der Waals surface area contributed by atoms with Gasteiger partial charge in [0.15, 0.2) is 0 Å². The van der Waals surface area contributed by atoms with Gasteiger partial charge in [-0.1, -0.05) is 26.8 Å². The van der Waals surface area contributed by atoms with Gasteiger partial charge in [0, 0.05) is 12.6 Å². The first-order valence-corrected chi connectivity index (χ1v) is 8.57. The molecule has 138 valence electrons. The molecule has 0 bridgehead atoms. The molecule has 0 aliphatic carbocycles. The first-order valence-electron chi connectivity index (χ1n) is 8.57. The van der Waals surface area contributed by atoms with Crippen molar-refractivity contribution in [2.45, 2.75) is 39.3 Å². The summed E-state index contributed by atoms with van der Waals surface area (Å²) >= 11 is 0. The summed E-state index contributed by atoms with van der Waals surface area (Å²) in [7, 11) is 0. The van der Waals surface area contributed by atoms with Crippen molar-refractivity contribution < 1.29 is 18.4 Å². The maximum absolute atomic E-state index is 13.8. The van der Waals surface area contributed by atoms with Gasteiger partial charge >= 0.3 is 0 Å². The number of carbonyl (C=O) groups excluding carboxylic acids is 2. The summed E-state index contributed by atoms with van der Waals surface area (Å²) in [6, 6.07) is 2.30. The third-order valence-electron chi connectivity index (χ3n) is 4.58. The molecule has 2 amide bonds. The molecule has 5 nitrogen and oxygen atoms in total. The van der Waals surface area contributed by atoms with Crippen LogP contribution in [0.4, 0.5) is 8.78 Å². The number of carbonyl (C=O) groups is 2. The van der Waals surface area contributed by atoms with Gasteiger partial charge in [-0.3, -0.25) is 9.59 Å². The van der Waals surface area contributed by atoms with Crippen LogP contribution in [0.5, 0.6) is 0 Å². The summed E-state index contributed by atoms with van der Waals surface area (Å²) in [5.41, 5.74) is -0.673. The Hall–Kier alpha value is -2.02. The van der Waals surface area contributed by atoms with E-state index in [1.807, 2.05) is 0 Å². The summed E-state index contributed by atoms with van der Waals surface area (Å²) < 4.78 is 27.5. The fourth-order valence-electron chi connectivity index (χ4n) is 2.92. The van der Waals surface area contributed by atoms with Crippen LogP contribution in [0.1, 0.15) is 37.6 Å². The normalized spacial score (nSPS) is 21.7. The van der Waals surface area contributed by atoms with Crippen molar-refractivity contribution in [3.05, 3.63) is 35.4 Å². The second-order valence-electron chi connectivity index (χ2n) is 6.88. The van der Waals surface area contributed by atoms with E-state index in [9.17, 15) is 18.4 Å². The highest BCUT2D eigenvalue weighted by Crippen LogP contribution is 2.15. The van der Waals surface area contributed by atoms with Crippen molar-refractivity contribution in [3.63, 3.8) is 0 Å². The van der Waals surface area contributed by atoms with Crippen molar-refractivity contribution in [1.82, 2.24) is 16.0 Å². The van der Waals surface area contributed by atoms with Crippen LogP contribution in [-0.2, 0) is 4.79 Å². The van der Waals surface area contributed by atoms with Gasteiger partial charge in [0.2, 0.25) is 5.91 Å². The van der Waals surface area contributed by atoms with Crippen molar-refractivity contribution in [3.8, 4) is 0 Å². The number of hydrogen-bond acceptors (Lipinski definition) is 3. The summed E-state index contributed by atoms with van der Waals surface area (Å²) in [6.07, 6.45) is 0.949. The van der Waals surface area contributed by atoms with Crippen molar-refractivity contribution in [1.29, 1.82) is 0 Å². The Morgan fingerprint density at radius 2 is 1.88 bits per heavy atom. The Kier molecular flexibility index (Phi) is 6.47. The van der Waals surface area contributed by atoms with E-state index in [0.29, 0.717) is 12.5 Å². The van der Waals surface area contributed by atoms with Gasteiger partial charge in [-0.15, -0.1) is 0 Å². The van der Waals surface area contributed by atoms with Crippen molar-refractivity contribution in [2.24, 2.45) is 11.8 Å². The zero-order valence-corrected chi connectivity index (χ0v) is 14.7. The number of piperidine rings is 1. The van der Waals surface area contributed by atoms with Crippen molar-refractivity contribution >= 4 is 11.8 Å². The molecule has 1 aliphatic heterocycles. The monoisotopic (exact) mass is 353 g/mol. The van der Waals surface area contributed by atoms with Gasteiger partial charge in [0.1, 0.15) is 23.2 Å². The lowest BCUT2D eigenvalue weighted by atomic mass is 9.93. The average Bonchev–Trinajstić information content (AvgIpc) is 2.54. The van der Waals surface area contributed by atoms with E-state index in [-0.39, 0.29) is 17.9 Å². The maximum Gasteiger partial charge on any atom is 0.257 e. The van der Waals surface area contributed by atoms with Gasteiger partial charge in [0.05, 0.1) is 0 Å². The quantitative estimate of drug-likeness (QED) is 0.756. The number of hydrogen-bond donors (Lipinski definition) is 3. The molecular formula is C18H25F2N3O2. The minimum atomic E-state index is -0.953. The molecule has 1 aromatic carbocycles. The maximum atomic E-state index is 13.8. The summed E-state index contributed by atoms with van der Waals surface area (Å²) in [6.45, 7) is 7.16. The third-order valence-corrected chi connectivity index (χ3v) is 4.58. The molecule has 0 spiro atoms. The molecule has 3 N–H and O–H groups in total. The van der Waals surface area contributed by atoms with Crippen LogP contribution in [0.25, 0.3) is 0 Å². The molecular weight excluding hydrogens is 328 g/mol. The van der Waals surface area contributed by atoms with Crippen LogP contribution in [-0.4, -0.2) is 37.0 Å². The molecule has 1 aromatic rings. The van der Waals surface area contributed by atoms with Crippen LogP contribution < -0.4 is 16.0 Å². The second-order valence-corrected chi connectivity index (χ2v) is 6.88. The molecule has 3 atom stereocenters. The predicted octanol–water partition coefficient (Wildman–Crippen LogP) is 1.83. The molecule has 1 heterocycles. The molecule has 3 unspecified atom stereocenters. The van der Waals surface area contributed by atoms with Gasteiger partial charge in [-0.2, -0.15) is 0 Å². The van der Waals surface area contributed by atoms with Gasteiger partial charge in [-0.05, 0) is 36.9 Å². The smallest absolute Gasteiger partial charge is 0.257 e. The molecule has 0 saturated carbocycles. The van der Waals surface area contributed by atoms with Crippen LogP contribution in [0.3, 0.4) is 0 Å². The summed E-state index contributed by atoms with van der Waals surface area (Å²) in [4.78, 5) is 24.9. The Morgan fingerprint density at radius 3 is 2.44 bits per heavy atom. The van der Waals surface area contributed by atoms with E-state index in [4.69, 9.17) is 0 Å². The lowest BCUT2D eigenvalue weighted by molar-refractivity contribution is -0.125. The van der Waals surface area contributed by atoms with Crippen LogP contribution in [0.15, 0.2) is 18.2 Å². The molecule has 0 aromatic heterocycles. The van der Waals surface area contributed by atoms with E-state index in [1.54, 1.807) is 13.8 Å². The minimum Gasteiger partial charge on any atom is -0.350 e. The largest absolute Gasteiger partial charge is 0.350 e. The van der Waals surface area contributed by atoms with Gasteiger partial charge < -0.3 is 16.0 Å². The molecule has 0 radical (unpaired) electrons. The van der Waals surface area contributed by atoms with E-state index in [1.165, 1.54) is 6.07 Å². The number of benzene rings is 1. The highest BCUT2D eigenvalue weighted by Gasteiger charge is 2.30. The molecule has 2 rings (SSSR count). The lowest BCUT2D eigenvalue weighted by Gasteiger charge is -2.32. The first-order chi connectivity index (χ1) is 11.8. The molecule has 7 heteroatoms. The Balaban J connectivity index is 2.09. The lowest BCUT2D eigenvalue weighted by Crippen LogP contribution is -2.57. The standard InChI is InChI=1S/C18H25F2N3O2/c1-10(2)16(18(25)22-14-9-21-8-7-11(14)3)23-17(24)15-12(19)5-4-6-13(15)20/h4-6,10-11,14,16,21H,7-9H2,1-3H3,(H,22,25)(H,23,24). The number of nitrogens with one attached hydrogen (secondary N) is 3. The fourth-order valence-corrected chi connectivity index (χ4v) is 2.92. The zero-order valence-electron chi connectivity index (χ0n) is 14.7. The molecule has 25 heavy (non-hydrogen) atoms. The van der Waals surface area contributed by atoms with E-state index < -0.39 is 29.1 Å². The number of amides is 2. The molecule has 1 saturated heterocycles. The van der Waals surface area contributed by atoms with Crippen LogP contribution in [0.2, 0.25) is 0 Å². The number of rotatable bonds is 5. The minimum absolute atomic E-state index is 0.0374. The van der Waals surface area contributed by atoms with E-state index >= 15 is 0 Å². The topological polar surface area (TPSA) is 70.2 Å². The Labute approximate surface area is 146 Å². The van der Waals surface area contributed by atoms with Gasteiger partial charge in [0.25, 0.3) is 5.91 Å². The van der Waals surface area contributed by atoms with E-state index in [0.717, 1.165) is 25.1 Å². The zero-order chi connectivity index (χ0) is 18.6. The number of halogens is 2. The molecule has 1 fully saturated rings. The molecule has 1 aliphatic rings. The Morgan fingerprint density at radius 1 is 1.24 bits per heavy atom. The predicted molar refractivity (Wildman–Crippen MR) is 91.0 cm³/mol. The highest BCUT2D eigenvalue weighted by atomic mass is 19.1. The second kappa shape index (κ2) is 8.38. The third kappa shape index (κ3) is 4.75. The van der Waals surface area contributed by atoms with Crippen LogP contribution in [0, 0.1) is 23.5 Å². The SMILES string of the molecule is CC(C)C(NC(=O)c1c(F)cccc1F)C(=O)NC1CNCCC1C. The average molecular weight is 353 g/mol.